The molecule has 3 aromatic rings. The van der Waals surface area contributed by atoms with Crippen LogP contribution >= 0.6 is 11.6 Å². The average Bonchev–Trinajstić information content (AvgIpc) is 2.82. The molecule has 1 aliphatic rings. The van der Waals surface area contributed by atoms with Crippen molar-refractivity contribution in [2.45, 2.75) is 50.9 Å². The van der Waals surface area contributed by atoms with E-state index >= 15 is 0 Å². The highest BCUT2D eigenvalue weighted by atomic mass is 35.5. The molecular formula is C24H23ClF3N5O2. The molecule has 2 amide bonds. The summed E-state index contributed by atoms with van der Waals surface area (Å²) in [7, 11) is 0. The summed E-state index contributed by atoms with van der Waals surface area (Å²) in [6.07, 6.45) is 0.663. The fourth-order valence-electron chi connectivity index (χ4n) is 4.27. The third-order valence-corrected chi connectivity index (χ3v) is 6.14. The van der Waals surface area contributed by atoms with E-state index in [-0.39, 0.29) is 29.4 Å². The minimum atomic E-state index is -4.59. The van der Waals surface area contributed by atoms with E-state index in [2.05, 4.69) is 20.7 Å². The molecule has 184 valence electrons. The first-order valence-electron chi connectivity index (χ1n) is 11.1. The second-order valence-electron chi connectivity index (χ2n) is 8.44. The van der Waals surface area contributed by atoms with E-state index in [1.165, 1.54) is 36.5 Å². The van der Waals surface area contributed by atoms with Crippen molar-refractivity contribution in [3.05, 3.63) is 65.1 Å². The number of fused-ring (bicyclic) bond motifs is 1. The van der Waals surface area contributed by atoms with Crippen LogP contribution in [0.5, 0.6) is 0 Å². The molecule has 1 aliphatic carbocycles. The second kappa shape index (κ2) is 10.1. The van der Waals surface area contributed by atoms with Gasteiger partial charge in [0.05, 0.1) is 11.6 Å². The average molecular weight is 506 g/mol. The Balaban J connectivity index is 1.52. The first-order chi connectivity index (χ1) is 16.6. The summed E-state index contributed by atoms with van der Waals surface area (Å²) in [4.78, 5) is 32.4. The summed E-state index contributed by atoms with van der Waals surface area (Å²) in [5.41, 5.74) is 2.54. The number of carbonyl (C=O) groups excluding carboxylic acids is 2. The maximum absolute atomic E-state index is 13.4. The van der Waals surface area contributed by atoms with Crippen LogP contribution in [0.1, 0.15) is 48.7 Å². The summed E-state index contributed by atoms with van der Waals surface area (Å²) in [5.74, 6) is -0.712. The van der Waals surface area contributed by atoms with E-state index in [1.807, 2.05) is 0 Å². The molecule has 0 unspecified atom stereocenters. The maximum Gasteiger partial charge on any atom is 0.433 e. The molecule has 11 heteroatoms. The fourth-order valence-corrected chi connectivity index (χ4v) is 4.44. The number of benzene rings is 1. The summed E-state index contributed by atoms with van der Waals surface area (Å²) >= 11 is 6.09. The van der Waals surface area contributed by atoms with Crippen molar-refractivity contribution in [1.29, 1.82) is 0 Å². The molecule has 2 N–H and O–H groups in total. The quantitative estimate of drug-likeness (QED) is 0.475. The van der Waals surface area contributed by atoms with Crippen LogP contribution in [0.4, 0.5) is 18.9 Å². The standard InChI is InChI=1S/C24H23ClF3N5O2/c1-14(34)32-33(23(35)15-8-10-29-11-9-15)18-5-3-17(4-6-18)30-21-13-22(24(26,27)28)31-20-7-2-16(25)12-19(20)21/h2,7-13,17-18H,3-6H2,1H3,(H,30,31)(H,32,34). The highest BCUT2D eigenvalue weighted by molar-refractivity contribution is 6.31. The molecule has 1 aromatic carbocycles. The fraction of sp³-hybridized carbons (Fsp3) is 0.333. The number of nitrogens with zero attached hydrogens (tertiary/aromatic N) is 3. The van der Waals surface area contributed by atoms with Crippen molar-refractivity contribution in [2.24, 2.45) is 0 Å². The Kier molecular flexibility index (Phi) is 7.11. The molecule has 2 heterocycles. The highest BCUT2D eigenvalue weighted by Gasteiger charge is 2.34. The molecule has 0 atom stereocenters. The minimum Gasteiger partial charge on any atom is -0.382 e. The Morgan fingerprint density at radius 3 is 2.37 bits per heavy atom. The zero-order valence-corrected chi connectivity index (χ0v) is 19.5. The molecule has 35 heavy (non-hydrogen) atoms. The number of alkyl halides is 3. The summed E-state index contributed by atoms with van der Waals surface area (Å²) < 4.78 is 40.3. The number of hydrogen-bond acceptors (Lipinski definition) is 5. The van der Waals surface area contributed by atoms with E-state index in [0.29, 0.717) is 47.3 Å². The van der Waals surface area contributed by atoms with Gasteiger partial charge in [0.2, 0.25) is 5.91 Å². The van der Waals surface area contributed by atoms with Crippen LogP contribution in [0.15, 0.2) is 48.8 Å². The molecular weight excluding hydrogens is 483 g/mol. The van der Waals surface area contributed by atoms with Gasteiger partial charge in [0.25, 0.3) is 5.91 Å². The van der Waals surface area contributed by atoms with Crippen LogP contribution < -0.4 is 10.7 Å². The molecule has 1 saturated carbocycles. The molecule has 0 saturated heterocycles. The van der Waals surface area contributed by atoms with Gasteiger partial charge >= 0.3 is 6.18 Å². The van der Waals surface area contributed by atoms with Gasteiger partial charge < -0.3 is 5.32 Å². The SMILES string of the molecule is CC(=O)NN(C(=O)c1ccncc1)C1CCC(Nc2cc(C(F)(F)F)nc3ccc(Cl)cc23)CC1. The van der Waals surface area contributed by atoms with Crippen LogP contribution in [0.2, 0.25) is 5.02 Å². The van der Waals surface area contributed by atoms with Gasteiger partial charge in [-0.25, -0.2) is 9.99 Å². The summed E-state index contributed by atoms with van der Waals surface area (Å²) in [6.45, 7) is 1.33. The van der Waals surface area contributed by atoms with Crippen LogP contribution in [-0.4, -0.2) is 38.9 Å². The predicted molar refractivity (Wildman–Crippen MR) is 126 cm³/mol. The Morgan fingerprint density at radius 1 is 1.06 bits per heavy atom. The lowest BCUT2D eigenvalue weighted by atomic mass is 9.90. The number of anilines is 1. The summed E-state index contributed by atoms with van der Waals surface area (Å²) in [6, 6.07) is 8.31. The van der Waals surface area contributed by atoms with Gasteiger partial charge in [0.15, 0.2) is 0 Å². The van der Waals surface area contributed by atoms with Crippen molar-refractivity contribution < 1.29 is 22.8 Å². The van der Waals surface area contributed by atoms with Crippen LogP contribution in [0.3, 0.4) is 0 Å². The molecule has 0 aliphatic heterocycles. The van der Waals surface area contributed by atoms with E-state index < -0.39 is 11.9 Å². The second-order valence-corrected chi connectivity index (χ2v) is 8.88. The number of halogens is 4. The lowest BCUT2D eigenvalue weighted by Crippen LogP contribution is -2.53. The number of pyridine rings is 2. The lowest BCUT2D eigenvalue weighted by Gasteiger charge is -2.37. The van der Waals surface area contributed by atoms with Crippen molar-refractivity contribution in [2.75, 3.05) is 5.32 Å². The first kappa shape index (κ1) is 24.7. The Bertz CT molecular complexity index is 1230. The maximum atomic E-state index is 13.4. The van der Waals surface area contributed by atoms with Crippen molar-refractivity contribution in [3.8, 4) is 0 Å². The topological polar surface area (TPSA) is 87.2 Å². The largest absolute Gasteiger partial charge is 0.433 e. The minimum absolute atomic E-state index is 0.132. The number of amides is 2. The molecule has 2 aromatic heterocycles. The lowest BCUT2D eigenvalue weighted by molar-refractivity contribution is -0.140. The molecule has 7 nitrogen and oxygen atoms in total. The van der Waals surface area contributed by atoms with Gasteiger partial charge in [-0.2, -0.15) is 13.2 Å². The zero-order valence-electron chi connectivity index (χ0n) is 18.8. The third-order valence-electron chi connectivity index (χ3n) is 5.91. The van der Waals surface area contributed by atoms with Gasteiger partial charge in [0, 0.05) is 47.0 Å². The van der Waals surface area contributed by atoms with Crippen molar-refractivity contribution in [1.82, 2.24) is 20.4 Å². The van der Waals surface area contributed by atoms with Crippen LogP contribution in [0, 0.1) is 0 Å². The van der Waals surface area contributed by atoms with Gasteiger partial charge in [-0.3, -0.25) is 20.0 Å². The third kappa shape index (κ3) is 5.82. The van der Waals surface area contributed by atoms with Gasteiger partial charge in [-0.15, -0.1) is 0 Å². The number of carbonyl (C=O) groups is 2. The smallest absolute Gasteiger partial charge is 0.382 e. The number of nitrogens with one attached hydrogen (secondary N) is 2. The van der Waals surface area contributed by atoms with E-state index in [1.54, 1.807) is 18.2 Å². The van der Waals surface area contributed by atoms with Crippen LogP contribution in [-0.2, 0) is 11.0 Å². The van der Waals surface area contributed by atoms with Crippen LogP contribution in [0.25, 0.3) is 10.9 Å². The van der Waals surface area contributed by atoms with E-state index in [0.717, 1.165) is 6.07 Å². The van der Waals surface area contributed by atoms with E-state index in [9.17, 15) is 22.8 Å². The molecule has 0 radical (unpaired) electrons. The Labute approximate surface area is 204 Å². The van der Waals surface area contributed by atoms with Crippen molar-refractivity contribution in [3.63, 3.8) is 0 Å². The molecule has 1 fully saturated rings. The Morgan fingerprint density at radius 2 is 1.74 bits per heavy atom. The highest BCUT2D eigenvalue weighted by Crippen LogP contribution is 2.35. The first-order valence-corrected chi connectivity index (χ1v) is 11.4. The van der Waals surface area contributed by atoms with E-state index in [4.69, 9.17) is 11.6 Å². The zero-order chi connectivity index (χ0) is 25.2. The molecule has 0 spiro atoms. The molecule has 0 bridgehead atoms. The normalized spacial score (nSPS) is 18.2. The number of aromatic nitrogens is 2. The van der Waals surface area contributed by atoms with Gasteiger partial charge in [0.1, 0.15) is 5.69 Å². The number of hydrazine groups is 1. The van der Waals surface area contributed by atoms with Gasteiger partial charge in [-0.05, 0) is 62.1 Å². The number of rotatable bonds is 4. The molecule has 4 rings (SSSR count). The monoisotopic (exact) mass is 505 g/mol. The van der Waals surface area contributed by atoms with Gasteiger partial charge in [-0.1, -0.05) is 11.6 Å². The number of hydrogen-bond donors (Lipinski definition) is 2. The summed E-state index contributed by atoms with van der Waals surface area (Å²) in [5, 5.41) is 5.47. The predicted octanol–water partition coefficient (Wildman–Crippen LogP) is 5.22. The Hall–Kier alpha value is -3.40. The van der Waals surface area contributed by atoms with Crippen molar-refractivity contribution >= 4 is 40.0 Å².